The first-order valence-corrected chi connectivity index (χ1v) is 9.04. The summed E-state index contributed by atoms with van der Waals surface area (Å²) in [7, 11) is 0. The van der Waals surface area contributed by atoms with E-state index >= 15 is 0 Å². The lowest BCUT2D eigenvalue weighted by Gasteiger charge is -2.39. The summed E-state index contributed by atoms with van der Waals surface area (Å²) in [4.78, 5) is 0. The Bertz CT molecular complexity index is 288. The fraction of sp³-hybridized carbons (Fsp3) is 1.00. The molecule has 1 rings (SSSR count). The predicted molar refractivity (Wildman–Crippen MR) is 86.9 cm³/mol. The van der Waals surface area contributed by atoms with Crippen molar-refractivity contribution in [2.45, 2.75) is 95.4 Å². The minimum atomic E-state index is -1.44. The van der Waals surface area contributed by atoms with E-state index in [2.05, 4.69) is 6.92 Å². The molecule has 0 aromatic carbocycles. The van der Waals surface area contributed by atoms with Gasteiger partial charge >= 0.3 is 0 Å². The van der Waals surface area contributed by atoms with E-state index in [1.165, 1.54) is 38.5 Å². The average molecular weight is 334 g/mol. The second kappa shape index (κ2) is 12.2. The molecule has 23 heavy (non-hydrogen) atoms. The largest absolute Gasteiger partial charge is 0.394 e. The van der Waals surface area contributed by atoms with Gasteiger partial charge in [-0.2, -0.15) is 0 Å². The summed E-state index contributed by atoms with van der Waals surface area (Å²) < 4.78 is 10.4. The number of unbranched alkanes of at least 4 members (excludes halogenated alkanes) is 8. The highest BCUT2D eigenvalue weighted by atomic mass is 16.6. The maximum Gasteiger partial charge on any atom is 0.184 e. The van der Waals surface area contributed by atoms with E-state index in [4.69, 9.17) is 14.6 Å². The van der Waals surface area contributed by atoms with Crippen molar-refractivity contribution in [3.05, 3.63) is 0 Å². The molecule has 0 bridgehead atoms. The molecule has 1 fully saturated rings. The summed E-state index contributed by atoms with van der Waals surface area (Å²) in [6.07, 6.45) is 5.08. The van der Waals surface area contributed by atoms with Crippen LogP contribution in [0.3, 0.4) is 0 Å². The molecule has 0 saturated carbocycles. The average Bonchev–Trinajstić information content (AvgIpc) is 2.55. The highest BCUT2D eigenvalue weighted by molar-refractivity contribution is 4.89. The monoisotopic (exact) mass is 334 g/mol. The summed E-state index contributed by atoms with van der Waals surface area (Å²) in [6.45, 7) is 2.20. The van der Waals surface area contributed by atoms with Gasteiger partial charge in [0.05, 0.1) is 6.61 Å². The van der Waals surface area contributed by atoms with Crippen LogP contribution in [-0.2, 0) is 9.47 Å². The second-order valence-electron chi connectivity index (χ2n) is 6.39. The van der Waals surface area contributed by atoms with E-state index in [1.54, 1.807) is 0 Å². The van der Waals surface area contributed by atoms with Gasteiger partial charge in [0.2, 0.25) is 0 Å². The molecular weight excluding hydrogens is 300 g/mol. The van der Waals surface area contributed by atoms with E-state index in [1.807, 2.05) is 0 Å². The van der Waals surface area contributed by atoms with Crippen molar-refractivity contribution in [3.63, 3.8) is 0 Å². The molecule has 0 aliphatic carbocycles. The normalized spacial score (nSPS) is 31.4. The first-order valence-electron chi connectivity index (χ1n) is 9.04. The van der Waals surface area contributed by atoms with Crippen LogP contribution < -0.4 is 0 Å². The smallest absolute Gasteiger partial charge is 0.184 e. The molecule has 1 heterocycles. The van der Waals surface area contributed by atoms with Crippen molar-refractivity contribution in [1.82, 2.24) is 0 Å². The summed E-state index contributed by atoms with van der Waals surface area (Å²) >= 11 is 0. The van der Waals surface area contributed by atoms with Crippen LogP contribution in [0.15, 0.2) is 0 Å². The van der Waals surface area contributed by atoms with Gasteiger partial charge in [-0.05, 0) is 6.42 Å². The highest BCUT2D eigenvalue weighted by Crippen LogP contribution is 2.22. The summed E-state index contributed by atoms with van der Waals surface area (Å²) in [5, 5.41) is 38.5. The van der Waals surface area contributed by atoms with Crippen LogP contribution in [0.2, 0.25) is 0 Å². The lowest BCUT2D eigenvalue weighted by Crippen LogP contribution is -2.59. The van der Waals surface area contributed by atoms with Crippen LogP contribution in [0.1, 0.15) is 64.7 Å². The second-order valence-corrected chi connectivity index (χ2v) is 6.39. The first kappa shape index (κ1) is 20.8. The van der Waals surface area contributed by atoms with Crippen molar-refractivity contribution < 1.29 is 29.9 Å². The minimum absolute atomic E-state index is 0.416. The quantitative estimate of drug-likeness (QED) is 0.402. The van der Waals surface area contributed by atoms with Gasteiger partial charge in [-0.15, -0.1) is 0 Å². The highest BCUT2D eigenvalue weighted by Gasteiger charge is 2.44. The number of aliphatic hydroxyl groups excluding tert-OH is 4. The van der Waals surface area contributed by atoms with Gasteiger partial charge in [-0.3, -0.25) is 0 Å². The van der Waals surface area contributed by atoms with Crippen LogP contribution in [0.5, 0.6) is 0 Å². The van der Waals surface area contributed by atoms with E-state index in [0.29, 0.717) is 6.61 Å². The Morgan fingerprint density at radius 3 is 1.96 bits per heavy atom. The Balaban J connectivity index is 2.09. The third-order valence-electron chi connectivity index (χ3n) is 4.40. The lowest BCUT2D eigenvalue weighted by atomic mass is 9.99. The van der Waals surface area contributed by atoms with Gasteiger partial charge in [0.25, 0.3) is 0 Å². The zero-order valence-corrected chi connectivity index (χ0v) is 14.3. The van der Waals surface area contributed by atoms with Gasteiger partial charge in [-0.1, -0.05) is 58.3 Å². The molecule has 5 atom stereocenters. The van der Waals surface area contributed by atoms with E-state index in [0.717, 1.165) is 19.3 Å². The van der Waals surface area contributed by atoms with E-state index in [9.17, 15) is 15.3 Å². The number of ether oxygens (including phenoxy) is 2. The molecule has 1 aliphatic rings. The topological polar surface area (TPSA) is 99.4 Å². The van der Waals surface area contributed by atoms with Crippen LogP contribution >= 0.6 is 0 Å². The van der Waals surface area contributed by atoms with Crippen molar-refractivity contribution >= 4 is 0 Å². The van der Waals surface area contributed by atoms with Gasteiger partial charge in [0.15, 0.2) is 6.29 Å². The Labute approximate surface area is 139 Å². The van der Waals surface area contributed by atoms with Gasteiger partial charge in [0, 0.05) is 6.61 Å². The van der Waals surface area contributed by atoms with E-state index in [-0.39, 0.29) is 0 Å². The first-order chi connectivity index (χ1) is 11.1. The molecule has 0 aromatic heterocycles. The number of hydrogen-bond acceptors (Lipinski definition) is 6. The summed E-state index contributed by atoms with van der Waals surface area (Å²) in [6, 6.07) is 0. The molecule has 0 radical (unpaired) electrons. The number of aliphatic hydroxyl groups is 4. The molecule has 138 valence electrons. The summed E-state index contributed by atoms with van der Waals surface area (Å²) in [5.74, 6) is 0. The van der Waals surface area contributed by atoms with Crippen molar-refractivity contribution in [2.75, 3.05) is 13.2 Å². The Morgan fingerprint density at radius 2 is 1.39 bits per heavy atom. The predicted octanol–water partition coefficient (Wildman–Crippen LogP) is 1.33. The molecular formula is C17H34O6. The molecule has 4 N–H and O–H groups in total. The van der Waals surface area contributed by atoms with Crippen LogP contribution in [0, 0.1) is 0 Å². The standard InChI is InChI=1S/C17H34O6/c1-2-3-4-5-6-7-8-9-10-11-22-16-14(19)13(12-18)23-17(21)15(16)20/h13-21H,2-12H2,1H3/t13-,14-,15-,16+,17-/m1/s1. The van der Waals surface area contributed by atoms with Crippen LogP contribution in [-0.4, -0.2) is 64.3 Å². The van der Waals surface area contributed by atoms with Crippen LogP contribution in [0.4, 0.5) is 0 Å². The van der Waals surface area contributed by atoms with Gasteiger partial charge < -0.3 is 29.9 Å². The Hall–Kier alpha value is -0.240. The molecule has 6 nitrogen and oxygen atoms in total. The van der Waals surface area contributed by atoms with Crippen LogP contribution in [0.25, 0.3) is 0 Å². The Morgan fingerprint density at radius 1 is 0.826 bits per heavy atom. The maximum absolute atomic E-state index is 9.98. The third kappa shape index (κ3) is 7.45. The molecule has 1 aliphatic heterocycles. The zero-order chi connectivity index (χ0) is 17.1. The van der Waals surface area contributed by atoms with E-state index < -0.39 is 37.3 Å². The molecule has 6 heteroatoms. The minimum Gasteiger partial charge on any atom is -0.394 e. The fourth-order valence-corrected chi connectivity index (χ4v) is 2.90. The molecule has 0 spiro atoms. The zero-order valence-electron chi connectivity index (χ0n) is 14.3. The van der Waals surface area contributed by atoms with Gasteiger partial charge in [-0.25, -0.2) is 0 Å². The van der Waals surface area contributed by atoms with Crippen molar-refractivity contribution in [3.8, 4) is 0 Å². The molecule has 0 amide bonds. The fourth-order valence-electron chi connectivity index (χ4n) is 2.90. The molecule has 0 unspecified atom stereocenters. The molecule has 0 aromatic rings. The summed E-state index contributed by atoms with van der Waals surface area (Å²) in [5.41, 5.74) is 0. The van der Waals surface area contributed by atoms with Crippen molar-refractivity contribution in [1.29, 1.82) is 0 Å². The number of rotatable bonds is 12. The number of hydrogen-bond donors (Lipinski definition) is 4. The third-order valence-corrected chi connectivity index (χ3v) is 4.40. The van der Waals surface area contributed by atoms with Crippen molar-refractivity contribution in [2.24, 2.45) is 0 Å². The van der Waals surface area contributed by atoms with Gasteiger partial charge in [0.1, 0.15) is 24.4 Å². The SMILES string of the molecule is CCCCCCCCCCCO[C@@H]1[C@@H](O)[C@H](O)O[C@H](CO)[C@H]1O. The molecule has 1 saturated heterocycles. The maximum atomic E-state index is 9.98. The lowest BCUT2D eigenvalue weighted by molar-refractivity contribution is -0.294. The Kier molecular flexibility index (Phi) is 11.0.